The molecule has 4 nitrogen and oxygen atoms in total. The first-order valence-corrected chi connectivity index (χ1v) is 5.36. The molecule has 0 fully saturated rings. The number of hydrogen-bond acceptors (Lipinski definition) is 3. The SMILES string of the molecule is CCC(CN)C(=O)N(C)c1cccc(O)c1. The van der Waals surface area contributed by atoms with Crippen molar-refractivity contribution in [3.8, 4) is 5.75 Å². The molecule has 0 bridgehead atoms. The molecule has 16 heavy (non-hydrogen) atoms. The van der Waals surface area contributed by atoms with E-state index in [9.17, 15) is 9.90 Å². The number of nitrogens with zero attached hydrogens (tertiary/aromatic N) is 1. The predicted molar refractivity (Wildman–Crippen MR) is 64.4 cm³/mol. The van der Waals surface area contributed by atoms with E-state index in [1.54, 1.807) is 31.3 Å². The molecule has 3 N–H and O–H groups in total. The summed E-state index contributed by atoms with van der Waals surface area (Å²) in [7, 11) is 1.69. The van der Waals surface area contributed by atoms with E-state index in [2.05, 4.69) is 0 Å². The number of anilines is 1. The normalized spacial score (nSPS) is 12.2. The van der Waals surface area contributed by atoms with Crippen molar-refractivity contribution < 1.29 is 9.90 Å². The third-order valence-corrected chi connectivity index (χ3v) is 2.67. The second-order valence-corrected chi connectivity index (χ2v) is 3.76. The highest BCUT2D eigenvalue weighted by Gasteiger charge is 2.19. The molecule has 1 atom stereocenters. The first-order chi connectivity index (χ1) is 7.60. The standard InChI is InChI=1S/C12H18N2O2/c1-3-9(8-13)12(16)14(2)10-5-4-6-11(15)7-10/h4-7,9,15H,3,8,13H2,1-2H3. The van der Waals surface area contributed by atoms with Crippen LogP contribution >= 0.6 is 0 Å². The summed E-state index contributed by atoms with van der Waals surface area (Å²) in [4.78, 5) is 13.5. The number of rotatable bonds is 4. The van der Waals surface area contributed by atoms with Crippen LogP contribution in [0, 0.1) is 5.92 Å². The molecule has 0 radical (unpaired) electrons. The Morgan fingerprint density at radius 3 is 2.75 bits per heavy atom. The molecule has 0 aromatic heterocycles. The zero-order valence-electron chi connectivity index (χ0n) is 9.68. The van der Waals surface area contributed by atoms with E-state index >= 15 is 0 Å². The zero-order chi connectivity index (χ0) is 12.1. The smallest absolute Gasteiger partial charge is 0.231 e. The van der Waals surface area contributed by atoms with Crippen LogP contribution in [0.25, 0.3) is 0 Å². The first kappa shape index (κ1) is 12.5. The fourth-order valence-corrected chi connectivity index (χ4v) is 1.54. The van der Waals surface area contributed by atoms with Gasteiger partial charge in [-0.15, -0.1) is 0 Å². The quantitative estimate of drug-likeness (QED) is 0.808. The Morgan fingerprint density at radius 2 is 2.25 bits per heavy atom. The molecular weight excluding hydrogens is 204 g/mol. The second kappa shape index (κ2) is 5.51. The van der Waals surface area contributed by atoms with Crippen molar-refractivity contribution in [2.24, 2.45) is 11.7 Å². The van der Waals surface area contributed by atoms with Crippen LogP contribution in [0.5, 0.6) is 5.75 Å². The molecule has 0 aliphatic rings. The maximum absolute atomic E-state index is 12.0. The molecule has 0 saturated heterocycles. The van der Waals surface area contributed by atoms with E-state index in [4.69, 9.17) is 5.73 Å². The number of nitrogens with two attached hydrogens (primary N) is 1. The monoisotopic (exact) mass is 222 g/mol. The third-order valence-electron chi connectivity index (χ3n) is 2.67. The van der Waals surface area contributed by atoms with Crippen LogP contribution in [0.3, 0.4) is 0 Å². The molecule has 1 rings (SSSR count). The molecule has 0 heterocycles. The summed E-state index contributed by atoms with van der Waals surface area (Å²) >= 11 is 0. The first-order valence-electron chi connectivity index (χ1n) is 5.36. The van der Waals surface area contributed by atoms with E-state index in [1.807, 2.05) is 6.92 Å². The summed E-state index contributed by atoms with van der Waals surface area (Å²) < 4.78 is 0. The van der Waals surface area contributed by atoms with Gasteiger partial charge in [-0.05, 0) is 18.6 Å². The van der Waals surface area contributed by atoms with E-state index in [-0.39, 0.29) is 17.6 Å². The summed E-state index contributed by atoms with van der Waals surface area (Å²) in [6.45, 7) is 2.28. The maximum Gasteiger partial charge on any atom is 0.231 e. The van der Waals surface area contributed by atoms with Gasteiger partial charge in [-0.3, -0.25) is 4.79 Å². The number of aromatic hydroxyl groups is 1. The van der Waals surface area contributed by atoms with Crippen molar-refractivity contribution in [3.05, 3.63) is 24.3 Å². The molecule has 1 aromatic carbocycles. The Kier molecular flexibility index (Phi) is 4.31. The van der Waals surface area contributed by atoms with Gasteiger partial charge in [0.25, 0.3) is 0 Å². The Bertz CT molecular complexity index is 362. The van der Waals surface area contributed by atoms with Crippen molar-refractivity contribution in [2.75, 3.05) is 18.5 Å². The van der Waals surface area contributed by atoms with Gasteiger partial charge in [0, 0.05) is 25.3 Å². The van der Waals surface area contributed by atoms with Gasteiger partial charge >= 0.3 is 0 Å². The third kappa shape index (κ3) is 2.73. The number of phenols is 1. The molecule has 0 aliphatic carbocycles. The Labute approximate surface area is 95.7 Å². The highest BCUT2D eigenvalue weighted by atomic mass is 16.3. The zero-order valence-corrected chi connectivity index (χ0v) is 9.68. The van der Waals surface area contributed by atoms with Crippen LogP contribution in [0.4, 0.5) is 5.69 Å². The van der Waals surface area contributed by atoms with Gasteiger partial charge in [-0.25, -0.2) is 0 Å². The van der Waals surface area contributed by atoms with Crippen LogP contribution in [0.1, 0.15) is 13.3 Å². The van der Waals surface area contributed by atoms with Crippen molar-refractivity contribution in [1.82, 2.24) is 0 Å². The number of benzene rings is 1. The minimum atomic E-state index is -0.160. The van der Waals surface area contributed by atoms with Gasteiger partial charge in [0.05, 0.1) is 5.92 Å². The average Bonchev–Trinajstić information content (AvgIpc) is 2.29. The van der Waals surface area contributed by atoms with Gasteiger partial charge < -0.3 is 15.7 Å². The molecular formula is C12H18N2O2. The highest BCUT2D eigenvalue weighted by Crippen LogP contribution is 2.20. The Balaban J connectivity index is 2.85. The van der Waals surface area contributed by atoms with E-state index < -0.39 is 0 Å². The fraction of sp³-hybridized carbons (Fsp3) is 0.417. The second-order valence-electron chi connectivity index (χ2n) is 3.76. The number of phenolic OH excluding ortho intramolecular Hbond substituents is 1. The van der Waals surface area contributed by atoms with Crippen molar-refractivity contribution in [2.45, 2.75) is 13.3 Å². The fourth-order valence-electron chi connectivity index (χ4n) is 1.54. The lowest BCUT2D eigenvalue weighted by Gasteiger charge is -2.22. The lowest BCUT2D eigenvalue weighted by molar-refractivity contribution is -0.121. The van der Waals surface area contributed by atoms with Gasteiger partial charge in [-0.2, -0.15) is 0 Å². The molecule has 88 valence electrons. The van der Waals surface area contributed by atoms with Crippen LogP contribution in [0.15, 0.2) is 24.3 Å². The van der Waals surface area contributed by atoms with E-state index in [0.717, 1.165) is 6.42 Å². The molecule has 4 heteroatoms. The summed E-state index contributed by atoms with van der Waals surface area (Å²) in [6.07, 6.45) is 0.721. The summed E-state index contributed by atoms with van der Waals surface area (Å²) in [5.41, 5.74) is 6.21. The molecule has 0 saturated carbocycles. The number of carbonyl (C=O) groups excluding carboxylic acids is 1. The minimum Gasteiger partial charge on any atom is -0.508 e. The van der Waals surface area contributed by atoms with E-state index in [1.165, 1.54) is 4.90 Å². The molecule has 0 aliphatic heterocycles. The van der Waals surface area contributed by atoms with E-state index in [0.29, 0.717) is 12.2 Å². The van der Waals surface area contributed by atoms with Gasteiger partial charge in [-0.1, -0.05) is 13.0 Å². The summed E-state index contributed by atoms with van der Waals surface area (Å²) in [5.74, 6) is -0.0269. The minimum absolute atomic E-state index is 0.0180. The van der Waals surface area contributed by atoms with Crippen molar-refractivity contribution in [1.29, 1.82) is 0 Å². The average molecular weight is 222 g/mol. The van der Waals surface area contributed by atoms with Crippen LogP contribution in [0.2, 0.25) is 0 Å². The van der Waals surface area contributed by atoms with Crippen molar-refractivity contribution >= 4 is 11.6 Å². The maximum atomic E-state index is 12.0. The van der Waals surface area contributed by atoms with Crippen LogP contribution < -0.4 is 10.6 Å². The Hall–Kier alpha value is -1.55. The summed E-state index contributed by atoms with van der Waals surface area (Å²) in [6, 6.07) is 6.61. The largest absolute Gasteiger partial charge is 0.508 e. The lowest BCUT2D eigenvalue weighted by atomic mass is 10.1. The molecule has 0 spiro atoms. The highest BCUT2D eigenvalue weighted by molar-refractivity contribution is 5.94. The number of carbonyl (C=O) groups is 1. The molecule has 1 amide bonds. The van der Waals surface area contributed by atoms with Crippen LogP contribution in [-0.4, -0.2) is 24.6 Å². The topological polar surface area (TPSA) is 66.6 Å². The van der Waals surface area contributed by atoms with Gasteiger partial charge in [0.15, 0.2) is 0 Å². The molecule has 1 unspecified atom stereocenters. The molecule has 1 aromatic rings. The lowest BCUT2D eigenvalue weighted by Crippen LogP contribution is -2.36. The van der Waals surface area contributed by atoms with Crippen molar-refractivity contribution in [3.63, 3.8) is 0 Å². The van der Waals surface area contributed by atoms with Gasteiger partial charge in [0.2, 0.25) is 5.91 Å². The Morgan fingerprint density at radius 1 is 1.56 bits per heavy atom. The number of hydrogen-bond donors (Lipinski definition) is 2. The summed E-state index contributed by atoms with van der Waals surface area (Å²) in [5, 5.41) is 9.33. The number of amides is 1. The van der Waals surface area contributed by atoms with Gasteiger partial charge in [0.1, 0.15) is 5.75 Å². The van der Waals surface area contributed by atoms with Crippen LogP contribution in [-0.2, 0) is 4.79 Å². The predicted octanol–water partition coefficient (Wildman–Crippen LogP) is 1.34.